The maximum absolute atomic E-state index is 12.7. The first-order valence-corrected chi connectivity index (χ1v) is 11.0. The lowest BCUT2D eigenvalue weighted by atomic mass is 10.2. The highest BCUT2D eigenvalue weighted by atomic mass is 35.5. The zero-order valence-corrected chi connectivity index (χ0v) is 17.6. The van der Waals surface area contributed by atoms with E-state index >= 15 is 0 Å². The smallest absolute Gasteiger partial charge is 0.335 e. The number of benzene rings is 1. The number of rotatable bonds is 7. The molecule has 156 valence electrons. The number of nitrogens with one attached hydrogen (secondary N) is 2. The lowest BCUT2D eigenvalue weighted by Gasteiger charge is -2.12. The lowest BCUT2D eigenvalue weighted by Crippen LogP contribution is -2.35. The van der Waals surface area contributed by atoms with Crippen molar-refractivity contribution in [1.29, 1.82) is 0 Å². The van der Waals surface area contributed by atoms with Crippen molar-refractivity contribution in [3.05, 3.63) is 35.0 Å². The number of sulfonamides is 1. The number of alkyl halides is 1. The summed E-state index contributed by atoms with van der Waals surface area (Å²) < 4.78 is 46.6. The van der Waals surface area contributed by atoms with E-state index in [0.29, 0.717) is 24.4 Å². The fraction of sp³-hybridized carbons (Fsp3) is 0.312. The summed E-state index contributed by atoms with van der Waals surface area (Å²) >= 11 is 7.03. The Morgan fingerprint density at radius 3 is 2.93 bits per heavy atom. The van der Waals surface area contributed by atoms with E-state index in [4.69, 9.17) is 16.3 Å². The summed E-state index contributed by atoms with van der Waals surface area (Å²) in [4.78, 5) is 20.3. The molecule has 0 spiro atoms. The fourth-order valence-corrected chi connectivity index (χ4v) is 5.32. The summed E-state index contributed by atoms with van der Waals surface area (Å²) in [6.45, 7) is 0.527. The van der Waals surface area contributed by atoms with Crippen molar-refractivity contribution in [2.45, 2.75) is 22.8 Å². The average molecular weight is 462 g/mol. The van der Waals surface area contributed by atoms with Crippen LogP contribution in [0.1, 0.15) is 12.0 Å². The number of methoxy groups -OCH3 is 1. The highest BCUT2D eigenvalue weighted by molar-refractivity contribution is 7.98. The molecule has 0 bridgehead atoms. The zero-order chi connectivity index (χ0) is 21.0. The summed E-state index contributed by atoms with van der Waals surface area (Å²) in [7, 11) is -2.82. The van der Waals surface area contributed by atoms with Crippen LogP contribution >= 0.6 is 23.5 Å². The van der Waals surface area contributed by atoms with Gasteiger partial charge < -0.3 is 4.74 Å². The Kier molecular flexibility index (Phi) is 6.77. The van der Waals surface area contributed by atoms with Crippen LogP contribution in [0, 0.1) is 0 Å². The molecule has 0 unspecified atom stereocenters. The number of carbonyl (C=O) groups is 1. The number of nitrogens with zero attached hydrogens (tertiary/aromatic N) is 3. The van der Waals surface area contributed by atoms with Gasteiger partial charge in [0.05, 0.1) is 13.8 Å². The van der Waals surface area contributed by atoms with Crippen LogP contribution in [0.3, 0.4) is 0 Å². The van der Waals surface area contributed by atoms with Gasteiger partial charge in [0.25, 0.3) is 10.0 Å². The van der Waals surface area contributed by atoms with Crippen molar-refractivity contribution in [2.75, 3.05) is 25.6 Å². The number of aromatic nitrogens is 2. The van der Waals surface area contributed by atoms with Crippen LogP contribution in [0.15, 0.2) is 34.1 Å². The van der Waals surface area contributed by atoms with Gasteiger partial charge in [0.15, 0.2) is 0 Å². The molecule has 1 aromatic carbocycles. The van der Waals surface area contributed by atoms with Crippen LogP contribution in [-0.2, 0) is 16.6 Å². The topological polar surface area (TPSA) is 114 Å². The highest BCUT2D eigenvalue weighted by Crippen LogP contribution is 2.40. The summed E-state index contributed by atoms with van der Waals surface area (Å²) in [5, 5.41) is 2.23. The molecule has 0 atom stereocenters. The van der Waals surface area contributed by atoms with Gasteiger partial charge in [-0.2, -0.15) is 4.98 Å². The Morgan fingerprint density at radius 1 is 1.41 bits per heavy atom. The predicted molar refractivity (Wildman–Crippen MR) is 106 cm³/mol. The second-order valence-corrected chi connectivity index (χ2v) is 9.00. The molecule has 2 amide bonds. The molecule has 29 heavy (non-hydrogen) atoms. The zero-order valence-electron chi connectivity index (χ0n) is 15.2. The van der Waals surface area contributed by atoms with Crippen molar-refractivity contribution in [3.8, 4) is 5.88 Å². The normalized spacial score (nSPS) is 13.8. The minimum atomic E-state index is -4.18. The van der Waals surface area contributed by atoms with Crippen LogP contribution in [0.2, 0.25) is 5.15 Å². The van der Waals surface area contributed by atoms with Gasteiger partial charge >= 0.3 is 6.03 Å². The molecule has 0 saturated heterocycles. The van der Waals surface area contributed by atoms with Gasteiger partial charge in [0, 0.05) is 24.1 Å². The van der Waals surface area contributed by atoms with Crippen LogP contribution < -0.4 is 14.8 Å². The lowest BCUT2D eigenvalue weighted by molar-refractivity contribution is 0.256. The number of halogens is 2. The third-order valence-electron chi connectivity index (χ3n) is 3.79. The maximum Gasteiger partial charge on any atom is 0.335 e. The molecular formula is C16H17ClFN5O4S2. The van der Waals surface area contributed by atoms with Gasteiger partial charge in [0.2, 0.25) is 11.8 Å². The highest BCUT2D eigenvalue weighted by Gasteiger charge is 2.29. The molecule has 2 heterocycles. The van der Waals surface area contributed by atoms with E-state index < -0.39 is 22.7 Å². The van der Waals surface area contributed by atoms with Crippen molar-refractivity contribution in [2.24, 2.45) is 0 Å². The van der Waals surface area contributed by atoms with Gasteiger partial charge in [-0.1, -0.05) is 23.7 Å². The number of urea groups is 1. The maximum atomic E-state index is 12.7. The van der Waals surface area contributed by atoms with E-state index in [0.717, 1.165) is 5.56 Å². The quantitative estimate of drug-likeness (QED) is 0.478. The van der Waals surface area contributed by atoms with E-state index in [1.54, 1.807) is 12.1 Å². The fourth-order valence-electron chi connectivity index (χ4n) is 2.57. The first kappa shape index (κ1) is 21.6. The number of ether oxygens (including phenoxy) is 1. The van der Waals surface area contributed by atoms with Crippen LogP contribution in [0.5, 0.6) is 5.88 Å². The Hall–Kier alpha value is -2.15. The van der Waals surface area contributed by atoms with E-state index in [1.165, 1.54) is 31.2 Å². The van der Waals surface area contributed by atoms with E-state index in [1.807, 2.05) is 9.03 Å². The minimum Gasteiger partial charge on any atom is -0.481 e. The summed E-state index contributed by atoms with van der Waals surface area (Å²) in [5.41, 5.74) is 0.792. The summed E-state index contributed by atoms with van der Waals surface area (Å²) in [6, 6.07) is 5.07. The number of amides is 2. The van der Waals surface area contributed by atoms with E-state index in [9.17, 15) is 17.6 Å². The molecule has 3 rings (SSSR count). The second kappa shape index (κ2) is 9.11. The Morgan fingerprint density at radius 2 is 2.21 bits per heavy atom. The monoisotopic (exact) mass is 461 g/mol. The first-order chi connectivity index (χ1) is 13.8. The van der Waals surface area contributed by atoms with Gasteiger partial charge in [-0.25, -0.2) is 27.2 Å². The standard InChI is InChI=1S/C16H17ClFN5O4S2/c1-27-13-8-12(17)19-15(20-13)21-16(24)22-29(25,26)11-5-2-4-10-9-23(7-3-6-18)28-14(10)11/h2,4-5,8H,3,6-7,9H2,1H3,(H2,19,20,21,22,24). The molecule has 9 nitrogen and oxygen atoms in total. The van der Waals surface area contributed by atoms with Crippen molar-refractivity contribution >= 4 is 45.6 Å². The number of hydrogen-bond donors (Lipinski definition) is 2. The van der Waals surface area contributed by atoms with Crippen molar-refractivity contribution < 1.29 is 22.3 Å². The number of fused-ring (bicyclic) bond motifs is 1. The van der Waals surface area contributed by atoms with E-state index in [2.05, 4.69) is 15.3 Å². The van der Waals surface area contributed by atoms with Crippen LogP contribution in [0.25, 0.3) is 0 Å². The van der Waals surface area contributed by atoms with Crippen molar-refractivity contribution in [3.63, 3.8) is 0 Å². The molecule has 1 aliphatic heterocycles. The molecule has 1 aliphatic rings. The molecule has 0 saturated carbocycles. The molecule has 0 aliphatic carbocycles. The molecule has 1 aromatic heterocycles. The predicted octanol–water partition coefficient (Wildman–Crippen LogP) is 2.83. The van der Waals surface area contributed by atoms with Crippen molar-refractivity contribution in [1.82, 2.24) is 19.0 Å². The third kappa shape index (κ3) is 5.26. The molecular weight excluding hydrogens is 445 g/mol. The Bertz CT molecular complexity index is 1020. The Balaban J connectivity index is 1.75. The molecule has 0 radical (unpaired) electrons. The van der Waals surface area contributed by atoms with Gasteiger partial charge in [-0.15, -0.1) is 0 Å². The summed E-state index contributed by atoms with van der Waals surface area (Å²) in [6.07, 6.45) is 0.354. The second-order valence-electron chi connectivity index (χ2n) is 5.86. The molecule has 0 fully saturated rings. The molecule has 2 aromatic rings. The van der Waals surface area contributed by atoms with Crippen LogP contribution in [-0.4, -0.2) is 49.1 Å². The number of hydrogen-bond acceptors (Lipinski definition) is 8. The van der Waals surface area contributed by atoms with E-state index in [-0.39, 0.29) is 21.9 Å². The average Bonchev–Trinajstić information content (AvgIpc) is 3.07. The van der Waals surface area contributed by atoms with Gasteiger partial charge in [-0.05, 0) is 30.0 Å². The number of carbonyl (C=O) groups excluding carboxylic acids is 1. The minimum absolute atomic E-state index is 0.0145. The summed E-state index contributed by atoms with van der Waals surface area (Å²) in [5.74, 6) is -0.110. The largest absolute Gasteiger partial charge is 0.481 e. The number of anilines is 1. The third-order valence-corrected chi connectivity index (χ3v) is 6.72. The Labute approximate surface area is 176 Å². The van der Waals surface area contributed by atoms with Crippen LogP contribution in [0.4, 0.5) is 15.1 Å². The van der Waals surface area contributed by atoms with Gasteiger partial charge in [-0.3, -0.25) is 9.71 Å². The molecule has 13 heteroatoms. The SMILES string of the molecule is COc1cc(Cl)nc(NC(=O)NS(=O)(=O)c2cccc3c2SN(CCCF)C3)n1. The molecule has 2 N–H and O–H groups in total. The first-order valence-electron chi connectivity index (χ1n) is 8.35. The van der Waals surface area contributed by atoms with Gasteiger partial charge in [0.1, 0.15) is 10.0 Å².